The Morgan fingerprint density at radius 1 is 1.38 bits per heavy atom. The van der Waals surface area contributed by atoms with Crippen molar-refractivity contribution in [1.82, 2.24) is 5.32 Å². The average Bonchev–Trinajstić information content (AvgIpc) is 2.94. The summed E-state index contributed by atoms with van der Waals surface area (Å²) >= 11 is 1.96. The highest BCUT2D eigenvalue weighted by Crippen LogP contribution is 2.28. The minimum atomic E-state index is 0.167. The maximum atomic E-state index is 12.3. The third-order valence-electron chi connectivity index (χ3n) is 4.24. The molecule has 21 heavy (non-hydrogen) atoms. The standard InChI is InChI=1S/C17H26N2OS/c1-13(18-14-9-10-16(12-14)21-3)11-17(20)19(2)15-7-5-4-6-8-15/h4-8,13-14,16,18H,9-12H2,1-3H3/t13-,14+,16-/m1/s1. The van der Waals surface area contributed by atoms with E-state index >= 15 is 0 Å². The molecule has 3 atom stereocenters. The molecule has 0 heterocycles. The number of hydrogen-bond donors (Lipinski definition) is 1. The van der Waals surface area contributed by atoms with Gasteiger partial charge >= 0.3 is 0 Å². The van der Waals surface area contributed by atoms with Gasteiger partial charge in [-0.2, -0.15) is 11.8 Å². The van der Waals surface area contributed by atoms with Gasteiger partial charge in [0, 0.05) is 36.5 Å². The normalized spacial score (nSPS) is 23.0. The molecule has 0 radical (unpaired) electrons. The number of nitrogens with one attached hydrogen (secondary N) is 1. The van der Waals surface area contributed by atoms with Crippen LogP contribution in [0.5, 0.6) is 0 Å². The van der Waals surface area contributed by atoms with Crippen molar-refractivity contribution in [3.63, 3.8) is 0 Å². The molecule has 4 heteroatoms. The van der Waals surface area contributed by atoms with Gasteiger partial charge in [0.15, 0.2) is 0 Å². The molecule has 0 bridgehead atoms. The van der Waals surface area contributed by atoms with Crippen molar-refractivity contribution in [1.29, 1.82) is 0 Å². The average molecular weight is 306 g/mol. The highest BCUT2D eigenvalue weighted by molar-refractivity contribution is 7.99. The molecule has 0 aromatic heterocycles. The second kappa shape index (κ2) is 7.85. The number of rotatable bonds is 6. The minimum absolute atomic E-state index is 0.167. The van der Waals surface area contributed by atoms with E-state index in [2.05, 4.69) is 18.5 Å². The largest absolute Gasteiger partial charge is 0.315 e. The van der Waals surface area contributed by atoms with E-state index in [0.29, 0.717) is 12.5 Å². The Balaban J connectivity index is 1.79. The Hall–Kier alpha value is -1.00. The van der Waals surface area contributed by atoms with E-state index in [4.69, 9.17) is 0 Å². The van der Waals surface area contributed by atoms with Crippen molar-refractivity contribution >= 4 is 23.4 Å². The summed E-state index contributed by atoms with van der Waals surface area (Å²) in [5.74, 6) is 0.167. The molecule has 116 valence electrons. The van der Waals surface area contributed by atoms with Crippen LogP contribution in [0.3, 0.4) is 0 Å². The molecular weight excluding hydrogens is 280 g/mol. The van der Waals surface area contributed by atoms with Gasteiger partial charge in [-0.25, -0.2) is 0 Å². The Morgan fingerprint density at radius 2 is 2.10 bits per heavy atom. The van der Waals surface area contributed by atoms with Gasteiger partial charge in [0.25, 0.3) is 0 Å². The van der Waals surface area contributed by atoms with E-state index in [1.165, 1.54) is 19.3 Å². The molecule has 1 amide bonds. The number of nitrogens with zero attached hydrogens (tertiary/aromatic N) is 1. The first-order chi connectivity index (χ1) is 10.1. The molecule has 1 aromatic carbocycles. The molecule has 1 fully saturated rings. The summed E-state index contributed by atoms with van der Waals surface area (Å²) in [6, 6.07) is 10.6. The Kier molecular flexibility index (Phi) is 6.12. The fraction of sp³-hybridized carbons (Fsp3) is 0.588. The van der Waals surface area contributed by atoms with Crippen LogP contribution in [0.15, 0.2) is 30.3 Å². The van der Waals surface area contributed by atoms with Gasteiger partial charge in [-0.1, -0.05) is 18.2 Å². The van der Waals surface area contributed by atoms with E-state index in [-0.39, 0.29) is 11.9 Å². The molecule has 1 aliphatic rings. The maximum Gasteiger partial charge on any atom is 0.228 e. The van der Waals surface area contributed by atoms with Gasteiger partial charge in [0.05, 0.1) is 0 Å². The molecule has 0 unspecified atom stereocenters. The number of hydrogen-bond acceptors (Lipinski definition) is 3. The highest BCUT2D eigenvalue weighted by Gasteiger charge is 2.25. The monoisotopic (exact) mass is 306 g/mol. The van der Waals surface area contributed by atoms with Gasteiger partial charge in [-0.05, 0) is 44.6 Å². The van der Waals surface area contributed by atoms with Crippen molar-refractivity contribution in [3.8, 4) is 0 Å². The quantitative estimate of drug-likeness (QED) is 0.875. The first kappa shape index (κ1) is 16.4. The minimum Gasteiger partial charge on any atom is -0.315 e. The fourth-order valence-corrected chi connectivity index (χ4v) is 3.76. The third kappa shape index (κ3) is 4.75. The van der Waals surface area contributed by atoms with Crippen molar-refractivity contribution in [2.75, 3.05) is 18.2 Å². The summed E-state index contributed by atoms with van der Waals surface area (Å²) in [7, 11) is 1.85. The third-order valence-corrected chi connectivity index (χ3v) is 5.33. The Bertz CT molecular complexity index is 451. The second-order valence-electron chi connectivity index (χ2n) is 5.93. The van der Waals surface area contributed by atoms with Crippen LogP contribution >= 0.6 is 11.8 Å². The van der Waals surface area contributed by atoms with E-state index in [0.717, 1.165) is 10.9 Å². The van der Waals surface area contributed by atoms with Crippen LogP contribution < -0.4 is 10.2 Å². The van der Waals surface area contributed by atoms with Gasteiger partial charge in [-0.3, -0.25) is 4.79 Å². The molecule has 1 saturated carbocycles. The zero-order chi connectivity index (χ0) is 15.2. The van der Waals surface area contributed by atoms with Crippen LogP contribution in [-0.4, -0.2) is 36.5 Å². The predicted octanol–water partition coefficient (Wildman–Crippen LogP) is 3.30. The van der Waals surface area contributed by atoms with Crippen LogP contribution in [0.25, 0.3) is 0 Å². The van der Waals surface area contributed by atoms with Crippen LogP contribution in [0.2, 0.25) is 0 Å². The van der Waals surface area contributed by atoms with Gasteiger partial charge in [0.1, 0.15) is 0 Å². The molecule has 0 saturated heterocycles. The number of para-hydroxylation sites is 1. The molecular formula is C17H26N2OS. The first-order valence-electron chi connectivity index (χ1n) is 7.70. The summed E-state index contributed by atoms with van der Waals surface area (Å²) in [5.41, 5.74) is 0.956. The lowest BCUT2D eigenvalue weighted by Gasteiger charge is -2.23. The molecule has 0 aliphatic heterocycles. The molecule has 0 spiro atoms. The number of carbonyl (C=O) groups excluding carboxylic acids is 1. The van der Waals surface area contributed by atoms with E-state index in [1.807, 2.05) is 49.1 Å². The van der Waals surface area contributed by atoms with Crippen molar-refractivity contribution in [3.05, 3.63) is 30.3 Å². The number of benzene rings is 1. The van der Waals surface area contributed by atoms with E-state index in [1.54, 1.807) is 4.90 Å². The summed E-state index contributed by atoms with van der Waals surface area (Å²) < 4.78 is 0. The summed E-state index contributed by atoms with van der Waals surface area (Å²) in [4.78, 5) is 14.1. The predicted molar refractivity (Wildman–Crippen MR) is 92.0 cm³/mol. The van der Waals surface area contributed by atoms with Crippen molar-refractivity contribution in [2.45, 2.75) is 49.9 Å². The topological polar surface area (TPSA) is 32.3 Å². The lowest BCUT2D eigenvalue weighted by molar-refractivity contribution is -0.118. The molecule has 1 aliphatic carbocycles. The number of carbonyl (C=O) groups is 1. The molecule has 1 N–H and O–H groups in total. The Morgan fingerprint density at radius 3 is 2.71 bits per heavy atom. The summed E-state index contributed by atoms with van der Waals surface area (Å²) in [5, 5.41) is 4.41. The zero-order valence-corrected chi connectivity index (χ0v) is 14.0. The number of amides is 1. The molecule has 3 nitrogen and oxygen atoms in total. The lowest BCUT2D eigenvalue weighted by Crippen LogP contribution is -2.39. The smallest absolute Gasteiger partial charge is 0.228 e. The summed E-state index contributed by atoms with van der Waals surface area (Å²) in [6.45, 7) is 2.11. The van der Waals surface area contributed by atoms with E-state index < -0.39 is 0 Å². The van der Waals surface area contributed by atoms with Crippen LogP contribution in [0.1, 0.15) is 32.6 Å². The maximum absolute atomic E-state index is 12.3. The van der Waals surface area contributed by atoms with Crippen molar-refractivity contribution in [2.24, 2.45) is 0 Å². The van der Waals surface area contributed by atoms with Crippen LogP contribution in [0.4, 0.5) is 5.69 Å². The summed E-state index contributed by atoms with van der Waals surface area (Å²) in [6.07, 6.45) is 6.50. The highest BCUT2D eigenvalue weighted by atomic mass is 32.2. The lowest BCUT2D eigenvalue weighted by atomic mass is 10.1. The zero-order valence-electron chi connectivity index (χ0n) is 13.2. The van der Waals surface area contributed by atoms with Gasteiger partial charge in [-0.15, -0.1) is 0 Å². The van der Waals surface area contributed by atoms with Crippen molar-refractivity contribution < 1.29 is 4.79 Å². The van der Waals surface area contributed by atoms with Gasteiger partial charge < -0.3 is 10.2 Å². The fourth-order valence-electron chi connectivity index (χ4n) is 2.96. The van der Waals surface area contributed by atoms with Gasteiger partial charge in [0.2, 0.25) is 5.91 Å². The SMILES string of the molecule is CS[C@@H]1CC[C@H](N[C@H](C)CC(=O)N(C)c2ccccc2)C1. The Labute approximate surface area is 132 Å². The number of anilines is 1. The van der Waals surface area contributed by atoms with E-state index in [9.17, 15) is 4.79 Å². The molecule has 1 aromatic rings. The number of thioether (sulfide) groups is 1. The first-order valence-corrected chi connectivity index (χ1v) is 8.99. The van der Waals surface area contributed by atoms with Crippen LogP contribution in [-0.2, 0) is 4.79 Å². The second-order valence-corrected chi connectivity index (χ2v) is 7.07. The van der Waals surface area contributed by atoms with Crippen LogP contribution in [0, 0.1) is 0 Å². The molecule has 2 rings (SSSR count).